The summed E-state index contributed by atoms with van der Waals surface area (Å²) in [7, 11) is 0. The van der Waals surface area contributed by atoms with Gasteiger partial charge in [-0.15, -0.1) is 0 Å². The third-order valence-electron chi connectivity index (χ3n) is 3.89. The first-order chi connectivity index (χ1) is 9.43. The molecule has 1 N–H and O–H groups in total. The largest absolute Gasteiger partial charge is 0.311 e. The van der Waals surface area contributed by atoms with E-state index >= 15 is 0 Å². The van der Waals surface area contributed by atoms with Crippen molar-refractivity contribution in [3.05, 3.63) is 42.2 Å². The van der Waals surface area contributed by atoms with E-state index in [0.717, 1.165) is 13.1 Å². The summed E-state index contributed by atoms with van der Waals surface area (Å²) in [6.07, 6.45) is 6.55. The van der Waals surface area contributed by atoms with E-state index in [-0.39, 0.29) is 0 Å². The summed E-state index contributed by atoms with van der Waals surface area (Å²) in [6, 6.07) is 8.54. The van der Waals surface area contributed by atoms with Crippen molar-refractivity contribution >= 4 is 10.8 Å². The maximum atomic E-state index is 4.18. The van der Waals surface area contributed by atoms with Crippen LogP contribution >= 0.6 is 0 Å². The first-order valence-electron chi connectivity index (χ1n) is 7.18. The van der Waals surface area contributed by atoms with Crippen LogP contribution in [0, 0.1) is 0 Å². The van der Waals surface area contributed by atoms with Gasteiger partial charge >= 0.3 is 0 Å². The fraction of sp³-hybridized carbons (Fsp3) is 0.438. The van der Waals surface area contributed by atoms with Gasteiger partial charge in [-0.05, 0) is 42.9 Å². The summed E-state index contributed by atoms with van der Waals surface area (Å²) >= 11 is 0. The van der Waals surface area contributed by atoms with Crippen molar-refractivity contribution in [3.8, 4) is 0 Å². The molecule has 2 heterocycles. The van der Waals surface area contributed by atoms with E-state index < -0.39 is 0 Å². The first-order valence-corrected chi connectivity index (χ1v) is 7.18. The zero-order chi connectivity index (χ0) is 12.9. The predicted octanol–water partition coefficient (Wildman–Crippen LogP) is 2.42. The lowest BCUT2D eigenvalue weighted by Gasteiger charge is -2.15. The molecule has 0 unspecified atom stereocenters. The summed E-state index contributed by atoms with van der Waals surface area (Å²) in [5, 5.41) is 6.09. The summed E-state index contributed by atoms with van der Waals surface area (Å²) in [5.41, 5.74) is 1.36. The number of fused-ring (bicyclic) bond motifs is 1. The monoisotopic (exact) mass is 255 g/mol. The second-order valence-corrected chi connectivity index (χ2v) is 5.24. The number of likely N-dealkylation sites (tertiary alicyclic amines) is 1. The molecule has 1 aromatic carbocycles. The molecule has 0 aliphatic carbocycles. The van der Waals surface area contributed by atoms with Crippen LogP contribution in [0.15, 0.2) is 36.7 Å². The lowest BCUT2D eigenvalue weighted by atomic mass is 10.1. The summed E-state index contributed by atoms with van der Waals surface area (Å²) in [6.45, 7) is 5.74. The van der Waals surface area contributed by atoms with Crippen LogP contribution in [-0.4, -0.2) is 36.1 Å². The molecule has 1 aliphatic rings. The molecule has 2 aromatic rings. The SMILES string of the molecule is c1cc(CNCCN2CCCC2)c2ccncc2c1. The number of hydrogen-bond donors (Lipinski definition) is 1. The molecule has 3 heteroatoms. The van der Waals surface area contributed by atoms with Gasteiger partial charge in [0.1, 0.15) is 0 Å². The average molecular weight is 255 g/mol. The van der Waals surface area contributed by atoms with E-state index in [0.29, 0.717) is 0 Å². The maximum Gasteiger partial charge on any atom is 0.0346 e. The Morgan fingerprint density at radius 3 is 2.95 bits per heavy atom. The number of rotatable bonds is 5. The van der Waals surface area contributed by atoms with Gasteiger partial charge in [-0.2, -0.15) is 0 Å². The van der Waals surface area contributed by atoms with Crippen molar-refractivity contribution < 1.29 is 0 Å². The van der Waals surface area contributed by atoms with Crippen LogP contribution in [0.4, 0.5) is 0 Å². The smallest absolute Gasteiger partial charge is 0.0346 e. The second kappa shape index (κ2) is 6.13. The Hall–Kier alpha value is -1.45. The first kappa shape index (κ1) is 12.6. The van der Waals surface area contributed by atoms with Gasteiger partial charge in [-0.1, -0.05) is 18.2 Å². The maximum absolute atomic E-state index is 4.18. The van der Waals surface area contributed by atoms with E-state index in [9.17, 15) is 0 Å². The van der Waals surface area contributed by atoms with Crippen LogP contribution in [-0.2, 0) is 6.54 Å². The van der Waals surface area contributed by atoms with E-state index in [1.807, 2.05) is 12.4 Å². The Kier molecular flexibility index (Phi) is 4.06. The van der Waals surface area contributed by atoms with Crippen molar-refractivity contribution in [2.45, 2.75) is 19.4 Å². The Balaban J connectivity index is 1.56. The molecule has 3 nitrogen and oxygen atoms in total. The van der Waals surface area contributed by atoms with Crippen molar-refractivity contribution in [1.29, 1.82) is 0 Å². The highest BCUT2D eigenvalue weighted by Gasteiger charge is 2.10. The highest BCUT2D eigenvalue weighted by molar-refractivity contribution is 5.84. The van der Waals surface area contributed by atoms with Gasteiger partial charge in [0.25, 0.3) is 0 Å². The van der Waals surface area contributed by atoms with Gasteiger partial charge in [0.15, 0.2) is 0 Å². The average Bonchev–Trinajstić information content (AvgIpc) is 2.97. The van der Waals surface area contributed by atoms with E-state index in [2.05, 4.69) is 39.5 Å². The molecule has 0 radical (unpaired) electrons. The van der Waals surface area contributed by atoms with Crippen LogP contribution in [0.2, 0.25) is 0 Å². The highest BCUT2D eigenvalue weighted by atomic mass is 15.1. The molecule has 0 atom stereocenters. The third-order valence-corrected chi connectivity index (χ3v) is 3.89. The molecular formula is C16H21N3. The fourth-order valence-corrected chi connectivity index (χ4v) is 2.81. The Morgan fingerprint density at radius 1 is 1.16 bits per heavy atom. The molecular weight excluding hydrogens is 234 g/mol. The molecule has 0 saturated carbocycles. The minimum atomic E-state index is 0.940. The number of nitrogens with one attached hydrogen (secondary N) is 1. The fourth-order valence-electron chi connectivity index (χ4n) is 2.81. The van der Waals surface area contributed by atoms with Crippen LogP contribution in [0.25, 0.3) is 10.8 Å². The second-order valence-electron chi connectivity index (χ2n) is 5.24. The Bertz CT molecular complexity index is 527. The topological polar surface area (TPSA) is 28.2 Å². The zero-order valence-corrected chi connectivity index (χ0v) is 11.3. The quantitative estimate of drug-likeness (QED) is 0.832. The van der Waals surface area contributed by atoms with Crippen LogP contribution < -0.4 is 5.32 Å². The molecule has 1 aromatic heterocycles. The molecule has 3 rings (SSSR count). The lowest BCUT2D eigenvalue weighted by Crippen LogP contribution is -2.29. The van der Waals surface area contributed by atoms with Crippen LogP contribution in [0.3, 0.4) is 0 Å². The van der Waals surface area contributed by atoms with Crippen LogP contribution in [0.5, 0.6) is 0 Å². The van der Waals surface area contributed by atoms with Gasteiger partial charge in [-0.25, -0.2) is 0 Å². The Morgan fingerprint density at radius 2 is 2.05 bits per heavy atom. The number of pyridine rings is 1. The van der Waals surface area contributed by atoms with Gasteiger partial charge < -0.3 is 10.2 Å². The highest BCUT2D eigenvalue weighted by Crippen LogP contribution is 2.17. The normalized spacial score (nSPS) is 16.2. The molecule has 0 bridgehead atoms. The molecule has 0 amide bonds. The van der Waals surface area contributed by atoms with E-state index in [1.165, 1.54) is 48.8 Å². The lowest BCUT2D eigenvalue weighted by molar-refractivity contribution is 0.336. The predicted molar refractivity (Wildman–Crippen MR) is 79.1 cm³/mol. The molecule has 19 heavy (non-hydrogen) atoms. The summed E-state index contributed by atoms with van der Waals surface area (Å²) in [5.74, 6) is 0. The van der Waals surface area contributed by atoms with E-state index in [4.69, 9.17) is 0 Å². The van der Waals surface area contributed by atoms with Gasteiger partial charge in [-0.3, -0.25) is 4.98 Å². The standard InChI is InChI=1S/C16H21N3/c1-2-10-19(9-1)11-8-18-13-15-5-3-4-14-12-17-7-6-16(14)15/h3-7,12,18H,1-2,8-11,13H2. The molecule has 1 aliphatic heterocycles. The number of nitrogens with zero attached hydrogens (tertiary/aromatic N) is 2. The van der Waals surface area contributed by atoms with Gasteiger partial charge in [0.05, 0.1) is 0 Å². The minimum Gasteiger partial charge on any atom is -0.311 e. The van der Waals surface area contributed by atoms with E-state index in [1.54, 1.807) is 0 Å². The molecule has 1 saturated heterocycles. The molecule has 0 spiro atoms. The van der Waals surface area contributed by atoms with Crippen molar-refractivity contribution in [1.82, 2.24) is 15.2 Å². The summed E-state index contributed by atoms with van der Waals surface area (Å²) < 4.78 is 0. The van der Waals surface area contributed by atoms with Crippen molar-refractivity contribution in [3.63, 3.8) is 0 Å². The Labute approximate surface area is 114 Å². The van der Waals surface area contributed by atoms with Crippen molar-refractivity contribution in [2.75, 3.05) is 26.2 Å². The minimum absolute atomic E-state index is 0.940. The molecule has 100 valence electrons. The van der Waals surface area contributed by atoms with Gasteiger partial charge in [0, 0.05) is 37.4 Å². The summed E-state index contributed by atoms with van der Waals surface area (Å²) in [4.78, 5) is 6.72. The molecule has 1 fully saturated rings. The zero-order valence-electron chi connectivity index (χ0n) is 11.3. The number of aromatic nitrogens is 1. The third kappa shape index (κ3) is 3.11. The van der Waals surface area contributed by atoms with Crippen LogP contribution in [0.1, 0.15) is 18.4 Å². The number of benzene rings is 1. The van der Waals surface area contributed by atoms with Crippen molar-refractivity contribution in [2.24, 2.45) is 0 Å². The number of hydrogen-bond acceptors (Lipinski definition) is 3. The van der Waals surface area contributed by atoms with Gasteiger partial charge in [0.2, 0.25) is 0 Å².